The molecule has 2 atom stereocenters. The molecule has 2 unspecified atom stereocenters. The number of ketones is 1. The molecule has 1 heterocycles. The van der Waals surface area contributed by atoms with E-state index in [1.807, 2.05) is 0 Å². The summed E-state index contributed by atoms with van der Waals surface area (Å²) in [7, 11) is 0. The van der Waals surface area contributed by atoms with Crippen molar-refractivity contribution in [3.05, 3.63) is 23.9 Å². The van der Waals surface area contributed by atoms with Gasteiger partial charge in [0.2, 0.25) is 5.91 Å². The Bertz CT molecular complexity index is 332. The fourth-order valence-electron chi connectivity index (χ4n) is 1.55. The van der Waals surface area contributed by atoms with Gasteiger partial charge in [-0.25, -0.2) is 5.43 Å². The van der Waals surface area contributed by atoms with E-state index in [1.165, 1.54) is 6.08 Å². The third-order valence-corrected chi connectivity index (χ3v) is 2.19. The van der Waals surface area contributed by atoms with Gasteiger partial charge in [-0.2, -0.15) is 0 Å². The number of carbonyl (C=O) groups is 2. The van der Waals surface area contributed by atoms with Crippen molar-refractivity contribution >= 4 is 11.7 Å². The molecule has 0 aromatic heterocycles. The molecule has 0 radical (unpaired) electrons. The Hall–Kier alpha value is -1.62. The minimum atomic E-state index is -0.635. The largest absolute Gasteiger partial charge is 0.368 e. The molecule has 0 aromatic rings. The molecule has 1 aliphatic heterocycles. The summed E-state index contributed by atoms with van der Waals surface area (Å²) in [6.07, 6.45) is 4.84. The van der Waals surface area contributed by atoms with E-state index in [9.17, 15) is 9.59 Å². The summed E-state index contributed by atoms with van der Waals surface area (Å²) < 4.78 is 0. The van der Waals surface area contributed by atoms with Gasteiger partial charge in [0.1, 0.15) is 6.04 Å². The Morgan fingerprint density at radius 2 is 2.31 bits per heavy atom. The zero-order chi connectivity index (χ0) is 9.42. The van der Waals surface area contributed by atoms with Crippen LogP contribution in [0.4, 0.5) is 0 Å². The SMILES string of the molecule is NC(=O)C1NNC2=CC=CC(=O)C21. The van der Waals surface area contributed by atoms with Crippen molar-refractivity contribution in [1.29, 1.82) is 0 Å². The third kappa shape index (κ3) is 1.13. The predicted octanol–water partition coefficient (Wildman–Crippen LogP) is -1.41. The number of fused-ring (bicyclic) bond motifs is 1. The molecule has 5 nitrogen and oxygen atoms in total. The maximum absolute atomic E-state index is 11.4. The van der Waals surface area contributed by atoms with Crippen LogP contribution in [-0.4, -0.2) is 17.7 Å². The number of hydrogen-bond acceptors (Lipinski definition) is 4. The third-order valence-electron chi connectivity index (χ3n) is 2.19. The first-order valence-corrected chi connectivity index (χ1v) is 3.93. The molecule has 1 fully saturated rings. The fraction of sp³-hybridized carbons (Fsp3) is 0.250. The van der Waals surface area contributed by atoms with Gasteiger partial charge in [0.25, 0.3) is 0 Å². The molecule has 0 saturated carbocycles. The summed E-state index contributed by atoms with van der Waals surface area (Å²) in [5, 5.41) is 0. The fourth-order valence-corrected chi connectivity index (χ4v) is 1.55. The number of nitrogens with two attached hydrogens (primary N) is 1. The quantitative estimate of drug-likeness (QED) is 0.461. The van der Waals surface area contributed by atoms with Gasteiger partial charge in [0, 0.05) is 5.70 Å². The lowest BCUT2D eigenvalue weighted by Crippen LogP contribution is -2.44. The molecule has 5 heteroatoms. The van der Waals surface area contributed by atoms with Crippen LogP contribution in [0.2, 0.25) is 0 Å². The van der Waals surface area contributed by atoms with Gasteiger partial charge < -0.3 is 11.2 Å². The van der Waals surface area contributed by atoms with Crippen LogP contribution in [0.25, 0.3) is 0 Å². The van der Waals surface area contributed by atoms with Gasteiger partial charge in [-0.1, -0.05) is 6.08 Å². The Balaban J connectivity index is 2.32. The van der Waals surface area contributed by atoms with Crippen LogP contribution >= 0.6 is 0 Å². The van der Waals surface area contributed by atoms with E-state index >= 15 is 0 Å². The number of hydrogen-bond donors (Lipinski definition) is 3. The van der Waals surface area contributed by atoms with Crippen LogP contribution in [0, 0.1) is 5.92 Å². The van der Waals surface area contributed by atoms with Crippen LogP contribution < -0.4 is 16.6 Å². The molecule has 2 aliphatic rings. The van der Waals surface area contributed by atoms with E-state index in [-0.39, 0.29) is 5.78 Å². The first-order valence-electron chi connectivity index (χ1n) is 3.93. The van der Waals surface area contributed by atoms with Gasteiger partial charge >= 0.3 is 0 Å². The number of amides is 1. The normalized spacial score (nSPS) is 30.8. The average Bonchev–Trinajstić information content (AvgIpc) is 2.49. The molecule has 1 amide bonds. The number of nitrogens with one attached hydrogen (secondary N) is 2. The first-order chi connectivity index (χ1) is 6.20. The maximum atomic E-state index is 11.4. The van der Waals surface area contributed by atoms with Crippen molar-refractivity contribution in [3.8, 4) is 0 Å². The monoisotopic (exact) mass is 179 g/mol. The van der Waals surface area contributed by atoms with Crippen molar-refractivity contribution < 1.29 is 9.59 Å². The highest BCUT2D eigenvalue weighted by molar-refractivity contribution is 6.00. The van der Waals surface area contributed by atoms with E-state index < -0.39 is 17.9 Å². The minimum absolute atomic E-state index is 0.0983. The van der Waals surface area contributed by atoms with Crippen molar-refractivity contribution in [3.63, 3.8) is 0 Å². The van der Waals surface area contributed by atoms with E-state index in [1.54, 1.807) is 12.2 Å². The van der Waals surface area contributed by atoms with Gasteiger partial charge in [0.15, 0.2) is 5.78 Å². The molecule has 1 aliphatic carbocycles. The van der Waals surface area contributed by atoms with Crippen molar-refractivity contribution in [1.82, 2.24) is 10.9 Å². The summed E-state index contributed by atoms with van der Waals surface area (Å²) in [5.74, 6) is -1.09. The molecule has 0 bridgehead atoms. The standard InChI is InChI=1S/C8H9N3O2/c9-8(13)7-6-4(10-11-7)2-1-3-5(6)12/h1-3,6-7,10-11H,(H2,9,13). The summed E-state index contributed by atoms with van der Waals surface area (Å²) in [6, 6.07) is -0.635. The smallest absolute Gasteiger partial charge is 0.237 e. The molecule has 2 rings (SSSR count). The van der Waals surface area contributed by atoms with E-state index in [2.05, 4.69) is 10.9 Å². The second-order valence-electron chi connectivity index (χ2n) is 3.01. The molecular formula is C8H9N3O2. The van der Waals surface area contributed by atoms with Crippen LogP contribution in [-0.2, 0) is 9.59 Å². The highest BCUT2D eigenvalue weighted by Crippen LogP contribution is 2.22. The van der Waals surface area contributed by atoms with Crippen molar-refractivity contribution in [2.24, 2.45) is 11.7 Å². The molecule has 68 valence electrons. The van der Waals surface area contributed by atoms with Gasteiger partial charge in [-0.15, -0.1) is 0 Å². The Morgan fingerprint density at radius 1 is 1.54 bits per heavy atom. The number of hydrazine groups is 1. The Kier molecular flexibility index (Phi) is 1.66. The summed E-state index contributed by atoms with van der Waals surface area (Å²) in [6.45, 7) is 0. The molecule has 0 aromatic carbocycles. The molecule has 13 heavy (non-hydrogen) atoms. The highest BCUT2D eigenvalue weighted by Gasteiger charge is 2.39. The second-order valence-corrected chi connectivity index (χ2v) is 3.01. The number of carbonyl (C=O) groups excluding carboxylic acids is 2. The average molecular weight is 179 g/mol. The topological polar surface area (TPSA) is 84.2 Å². The first kappa shape index (κ1) is 8.00. The van der Waals surface area contributed by atoms with Crippen LogP contribution in [0.15, 0.2) is 23.9 Å². The molecule has 4 N–H and O–H groups in total. The molecule has 1 saturated heterocycles. The maximum Gasteiger partial charge on any atom is 0.237 e. The summed E-state index contributed by atoms with van der Waals surface area (Å²) >= 11 is 0. The number of allylic oxidation sites excluding steroid dienone is 3. The Labute approximate surface area is 74.6 Å². The zero-order valence-electron chi connectivity index (χ0n) is 6.78. The lowest BCUT2D eigenvalue weighted by atomic mass is 9.90. The van der Waals surface area contributed by atoms with E-state index in [0.29, 0.717) is 5.70 Å². The number of primary amides is 1. The number of rotatable bonds is 1. The van der Waals surface area contributed by atoms with Crippen LogP contribution in [0.3, 0.4) is 0 Å². The lowest BCUT2D eigenvalue weighted by Gasteiger charge is -2.13. The van der Waals surface area contributed by atoms with Crippen molar-refractivity contribution in [2.75, 3.05) is 0 Å². The van der Waals surface area contributed by atoms with Crippen LogP contribution in [0.5, 0.6) is 0 Å². The Morgan fingerprint density at radius 3 is 3.00 bits per heavy atom. The minimum Gasteiger partial charge on any atom is -0.368 e. The predicted molar refractivity (Wildman–Crippen MR) is 45.0 cm³/mol. The summed E-state index contributed by atoms with van der Waals surface area (Å²) in [4.78, 5) is 22.3. The van der Waals surface area contributed by atoms with Gasteiger partial charge in [-0.3, -0.25) is 9.59 Å². The second kappa shape index (κ2) is 2.70. The van der Waals surface area contributed by atoms with Crippen molar-refractivity contribution in [2.45, 2.75) is 6.04 Å². The van der Waals surface area contributed by atoms with E-state index in [4.69, 9.17) is 5.73 Å². The zero-order valence-corrected chi connectivity index (χ0v) is 6.78. The molecular weight excluding hydrogens is 170 g/mol. The van der Waals surface area contributed by atoms with Crippen LogP contribution in [0.1, 0.15) is 0 Å². The molecule has 0 spiro atoms. The van der Waals surface area contributed by atoms with Gasteiger partial charge in [0.05, 0.1) is 5.92 Å². The summed E-state index contributed by atoms with van der Waals surface area (Å²) in [5.41, 5.74) is 11.3. The highest BCUT2D eigenvalue weighted by atomic mass is 16.2. The lowest BCUT2D eigenvalue weighted by molar-refractivity contribution is -0.125. The van der Waals surface area contributed by atoms with E-state index in [0.717, 1.165) is 0 Å². The van der Waals surface area contributed by atoms with Gasteiger partial charge in [-0.05, 0) is 12.2 Å².